The summed E-state index contributed by atoms with van der Waals surface area (Å²) in [5, 5.41) is 7.42. The number of benzene rings is 1. The number of thiophene rings is 1. The van der Waals surface area contributed by atoms with Crippen LogP contribution in [-0.4, -0.2) is 35.1 Å². The Morgan fingerprint density at radius 1 is 1.35 bits per heavy atom. The Balaban J connectivity index is 2.01. The lowest BCUT2D eigenvalue weighted by Gasteiger charge is -2.23. The summed E-state index contributed by atoms with van der Waals surface area (Å²) in [7, 11) is 1.57. The zero-order valence-corrected chi connectivity index (χ0v) is 13.9. The fraction of sp³-hybridized carbons (Fsp3) is 0.312. The van der Waals surface area contributed by atoms with Gasteiger partial charge in [-0.2, -0.15) is 0 Å². The van der Waals surface area contributed by atoms with Crippen LogP contribution >= 0.6 is 11.3 Å². The van der Waals surface area contributed by atoms with Crippen LogP contribution in [0.15, 0.2) is 18.3 Å². The minimum atomic E-state index is -0.304. The minimum absolute atomic E-state index is 0.0502. The van der Waals surface area contributed by atoms with Crippen molar-refractivity contribution in [2.24, 2.45) is 0 Å². The number of fused-ring (bicyclic) bond motifs is 5. The number of nitrogens with zero attached hydrogens (tertiary/aromatic N) is 2. The molecule has 0 radical (unpaired) electrons. The van der Waals surface area contributed by atoms with E-state index >= 15 is 0 Å². The van der Waals surface area contributed by atoms with E-state index in [4.69, 9.17) is 4.74 Å². The van der Waals surface area contributed by atoms with Gasteiger partial charge in [0.05, 0.1) is 35.6 Å². The van der Waals surface area contributed by atoms with Gasteiger partial charge in [0.2, 0.25) is 5.88 Å². The number of amides is 1. The Kier molecular flexibility index (Phi) is 2.96. The summed E-state index contributed by atoms with van der Waals surface area (Å²) in [5.41, 5.74) is 2.07. The van der Waals surface area contributed by atoms with E-state index in [-0.39, 0.29) is 11.4 Å². The van der Waals surface area contributed by atoms with Crippen LogP contribution in [0.1, 0.15) is 23.5 Å². The van der Waals surface area contributed by atoms with Gasteiger partial charge in [0.25, 0.3) is 5.91 Å². The molecule has 0 fully saturated rings. The monoisotopic (exact) mass is 328 g/mol. The molecule has 4 rings (SSSR count). The number of carbonyl (C=O) groups is 1. The zero-order valence-electron chi connectivity index (χ0n) is 13.1. The molecule has 23 heavy (non-hydrogen) atoms. The molecule has 3 heterocycles. The predicted molar refractivity (Wildman–Crippen MR) is 91.5 cm³/mol. The molecule has 0 aliphatic carbocycles. The lowest BCUT2D eigenvalue weighted by Crippen LogP contribution is -2.46. The Morgan fingerprint density at radius 2 is 2.17 bits per heavy atom. The third kappa shape index (κ3) is 2.19. The number of anilines is 1. The molecule has 7 heteroatoms. The molecular weight excluding hydrogens is 312 g/mol. The van der Waals surface area contributed by atoms with E-state index < -0.39 is 0 Å². The van der Waals surface area contributed by atoms with Crippen LogP contribution in [0, 0.1) is 0 Å². The van der Waals surface area contributed by atoms with Crippen molar-refractivity contribution in [3.05, 3.63) is 23.2 Å². The predicted octanol–water partition coefficient (Wildman–Crippen LogP) is 2.79. The maximum atomic E-state index is 12.5. The van der Waals surface area contributed by atoms with Gasteiger partial charge in [0, 0.05) is 16.6 Å². The van der Waals surface area contributed by atoms with Crippen LogP contribution < -0.4 is 15.4 Å². The van der Waals surface area contributed by atoms with Crippen molar-refractivity contribution in [3.63, 3.8) is 0 Å². The van der Waals surface area contributed by atoms with Crippen LogP contribution in [0.25, 0.3) is 21.1 Å². The first-order valence-corrected chi connectivity index (χ1v) is 8.13. The molecule has 0 spiro atoms. The molecule has 2 N–H and O–H groups in total. The smallest absolute Gasteiger partial charge is 0.263 e. The van der Waals surface area contributed by atoms with E-state index in [1.54, 1.807) is 13.3 Å². The summed E-state index contributed by atoms with van der Waals surface area (Å²) < 4.78 is 6.16. The van der Waals surface area contributed by atoms with Crippen LogP contribution in [0.4, 0.5) is 5.69 Å². The summed E-state index contributed by atoms with van der Waals surface area (Å²) >= 11 is 1.47. The van der Waals surface area contributed by atoms with E-state index in [1.807, 2.05) is 26.0 Å². The van der Waals surface area contributed by atoms with E-state index in [2.05, 4.69) is 20.6 Å². The van der Waals surface area contributed by atoms with Crippen LogP contribution in [0.2, 0.25) is 0 Å². The molecule has 0 atom stereocenters. The van der Waals surface area contributed by atoms with E-state index in [0.717, 1.165) is 26.8 Å². The van der Waals surface area contributed by atoms with E-state index in [9.17, 15) is 4.79 Å². The molecule has 2 aromatic heterocycles. The number of ether oxygens (including phenoxy) is 1. The quantitative estimate of drug-likeness (QED) is 0.718. The molecule has 6 nitrogen and oxygen atoms in total. The highest BCUT2D eigenvalue weighted by Crippen LogP contribution is 2.40. The van der Waals surface area contributed by atoms with Gasteiger partial charge in [-0.05, 0) is 26.0 Å². The van der Waals surface area contributed by atoms with Crippen LogP contribution in [0.3, 0.4) is 0 Å². The number of hydrogen-bond donors (Lipinski definition) is 2. The van der Waals surface area contributed by atoms with Crippen molar-refractivity contribution in [2.75, 3.05) is 19.0 Å². The number of hydrogen-bond acceptors (Lipinski definition) is 6. The molecule has 1 amide bonds. The number of carbonyl (C=O) groups excluding carboxylic acids is 1. The van der Waals surface area contributed by atoms with E-state index in [0.29, 0.717) is 17.3 Å². The standard InChI is InChI=1S/C16H16N4O2S/c1-16(2)7-18-13-11-9(23-14(13)15(21)20-16)5-4-8-12(11)17-6-10(19-8)22-3/h4-6,18H,7H2,1-3H3,(H,20,21). The average Bonchev–Trinajstić information content (AvgIpc) is 2.86. The molecule has 1 aliphatic rings. The van der Waals surface area contributed by atoms with Crippen molar-refractivity contribution in [3.8, 4) is 5.88 Å². The molecule has 1 aliphatic heterocycles. The maximum Gasteiger partial charge on any atom is 0.263 e. The molecule has 0 bridgehead atoms. The molecule has 0 unspecified atom stereocenters. The van der Waals surface area contributed by atoms with Gasteiger partial charge >= 0.3 is 0 Å². The first kappa shape index (κ1) is 14.2. The second-order valence-corrected chi connectivity index (χ2v) is 7.27. The SMILES string of the molecule is COc1cnc2c(ccc3sc4c(c32)NCC(C)(C)NC4=O)n1. The third-order valence-corrected chi connectivity index (χ3v) is 5.07. The summed E-state index contributed by atoms with van der Waals surface area (Å²) in [5.74, 6) is 0.427. The Morgan fingerprint density at radius 3 is 2.96 bits per heavy atom. The second-order valence-electron chi connectivity index (χ2n) is 6.22. The lowest BCUT2D eigenvalue weighted by atomic mass is 10.1. The summed E-state index contributed by atoms with van der Waals surface area (Å²) in [6.07, 6.45) is 1.60. The van der Waals surface area contributed by atoms with Crippen molar-refractivity contribution in [1.29, 1.82) is 0 Å². The van der Waals surface area contributed by atoms with Gasteiger partial charge in [-0.3, -0.25) is 4.79 Å². The fourth-order valence-electron chi connectivity index (χ4n) is 2.80. The molecule has 3 aromatic rings. The van der Waals surface area contributed by atoms with Crippen LogP contribution in [0.5, 0.6) is 5.88 Å². The molecular formula is C16H16N4O2S. The Hall–Kier alpha value is -2.41. The Labute approximate surface area is 136 Å². The van der Waals surface area contributed by atoms with Crippen molar-refractivity contribution in [2.45, 2.75) is 19.4 Å². The molecule has 0 saturated heterocycles. The third-order valence-electron chi connectivity index (χ3n) is 3.92. The summed E-state index contributed by atoms with van der Waals surface area (Å²) in [4.78, 5) is 22.2. The lowest BCUT2D eigenvalue weighted by molar-refractivity contribution is 0.0926. The zero-order chi connectivity index (χ0) is 16.2. The number of rotatable bonds is 1. The van der Waals surface area contributed by atoms with Gasteiger partial charge in [-0.25, -0.2) is 9.97 Å². The van der Waals surface area contributed by atoms with Crippen molar-refractivity contribution in [1.82, 2.24) is 15.3 Å². The second kappa shape index (κ2) is 4.79. The first-order valence-electron chi connectivity index (χ1n) is 7.31. The highest BCUT2D eigenvalue weighted by molar-refractivity contribution is 7.21. The van der Waals surface area contributed by atoms with Gasteiger partial charge in [-0.1, -0.05) is 0 Å². The topological polar surface area (TPSA) is 76.1 Å². The highest BCUT2D eigenvalue weighted by Gasteiger charge is 2.30. The largest absolute Gasteiger partial charge is 0.480 e. The molecule has 1 aromatic carbocycles. The molecule has 0 saturated carbocycles. The number of nitrogens with one attached hydrogen (secondary N) is 2. The van der Waals surface area contributed by atoms with Gasteiger partial charge in [-0.15, -0.1) is 11.3 Å². The van der Waals surface area contributed by atoms with Crippen LogP contribution in [-0.2, 0) is 0 Å². The van der Waals surface area contributed by atoms with Gasteiger partial charge in [0.15, 0.2) is 0 Å². The highest BCUT2D eigenvalue weighted by atomic mass is 32.1. The number of aromatic nitrogens is 2. The normalized spacial score (nSPS) is 16.6. The minimum Gasteiger partial charge on any atom is -0.480 e. The fourth-order valence-corrected chi connectivity index (χ4v) is 3.87. The van der Waals surface area contributed by atoms with Crippen molar-refractivity contribution < 1.29 is 9.53 Å². The van der Waals surface area contributed by atoms with E-state index in [1.165, 1.54) is 11.3 Å². The van der Waals surface area contributed by atoms with Crippen molar-refractivity contribution >= 4 is 44.1 Å². The summed E-state index contributed by atoms with van der Waals surface area (Å²) in [6, 6.07) is 3.88. The summed E-state index contributed by atoms with van der Waals surface area (Å²) in [6.45, 7) is 4.65. The van der Waals surface area contributed by atoms with Gasteiger partial charge < -0.3 is 15.4 Å². The average molecular weight is 328 g/mol. The Bertz CT molecular complexity index is 948. The molecule has 118 valence electrons. The number of methoxy groups -OCH3 is 1. The van der Waals surface area contributed by atoms with Gasteiger partial charge in [0.1, 0.15) is 4.88 Å². The maximum absolute atomic E-state index is 12.5. The first-order chi connectivity index (χ1) is 11.0.